The predicted octanol–water partition coefficient (Wildman–Crippen LogP) is 5.30. The summed E-state index contributed by atoms with van der Waals surface area (Å²) >= 11 is 0. The van der Waals surface area contributed by atoms with Gasteiger partial charge in [-0.15, -0.1) is 0 Å². The number of carbonyl (C=O) groups excluding carboxylic acids is 1. The van der Waals surface area contributed by atoms with Crippen LogP contribution in [0.4, 0.5) is 0 Å². The Balaban J connectivity index is 1.46. The highest BCUT2D eigenvalue weighted by Crippen LogP contribution is 2.66. The number of fused-ring (bicyclic) bond motifs is 2. The fourth-order valence-electron chi connectivity index (χ4n) is 6.71. The lowest BCUT2D eigenvalue weighted by Gasteiger charge is -2.39. The van der Waals surface area contributed by atoms with Crippen molar-refractivity contribution in [1.82, 2.24) is 0 Å². The van der Waals surface area contributed by atoms with Crippen molar-refractivity contribution < 1.29 is 18.8 Å². The van der Waals surface area contributed by atoms with Crippen molar-refractivity contribution in [2.75, 3.05) is 33.8 Å². The summed E-state index contributed by atoms with van der Waals surface area (Å²) in [5.74, 6) is 2.49. The number of nitrogens with zero attached hydrogens (tertiary/aromatic N) is 1. The molecule has 0 N–H and O–H groups in total. The van der Waals surface area contributed by atoms with Crippen LogP contribution in [-0.4, -0.2) is 56.5 Å². The van der Waals surface area contributed by atoms with Crippen molar-refractivity contribution in [1.29, 1.82) is 0 Å². The van der Waals surface area contributed by atoms with Gasteiger partial charge in [0.1, 0.15) is 12.6 Å². The Morgan fingerprint density at radius 2 is 1.80 bits per heavy atom. The van der Waals surface area contributed by atoms with E-state index in [1.807, 2.05) is 0 Å². The first kappa shape index (κ1) is 24.0. The Morgan fingerprint density at radius 3 is 2.37 bits per heavy atom. The molecule has 0 spiro atoms. The number of quaternary nitrogens is 1. The summed E-state index contributed by atoms with van der Waals surface area (Å²) in [6.07, 6.45) is 7.76. The highest BCUT2D eigenvalue weighted by Gasteiger charge is 2.61. The highest BCUT2D eigenvalue weighted by atomic mass is 16.5. The van der Waals surface area contributed by atoms with Crippen molar-refractivity contribution >= 4 is 5.97 Å². The second kappa shape index (κ2) is 8.73. The maximum Gasteiger partial charge on any atom is 0.362 e. The lowest BCUT2D eigenvalue weighted by molar-refractivity contribution is -0.883. The molecule has 174 valence electrons. The standard InChI is InChI=1S/C26H48NO3/c1-18(2)21-10-9-19(3)15-22(21)30-24(28)17-27(7,8)13-14-29-23-16-20-11-12-26(23,6)25(20,4)5/h18-23H,9-17H2,1-8H3/q+1/t19-,20-,21-,22+,23-,26-/m1/s1. The van der Waals surface area contributed by atoms with E-state index in [9.17, 15) is 4.79 Å². The van der Waals surface area contributed by atoms with Crippen molar-refractivity contribution in [3.05, 3.63) is 0 Å². The Hall–Kier alpha value is -0.610. The van der Waals surface area contributed by atoms with Crippen LogP contribution in [0, 0.1) is 34.5 Å². The van der Waals surface area contributed by atoms with Crippen LogP contribution in [0.15, 0.2) is 0 Å². The number of rotatable bonds is 8. The molecule has 3 rings (SSSR count). The zero-order chi connectivity index (χ0) is 22.3. The van der Waals surface area contributed by atoms with E-state index in [2.05, 4.69) is 55.6 Å². The predicted molar refractivity (Wildman–Crippen MR) is 122 cm³/mol. The normalized spacial score (nSPS) is 38.2. The largest absolute Gasteiger partial charge is 0.458 e. The minimum absolute atomic E-state index is 0.0437. The van der Waals surface area contributed by atoms with Gasteiger partial charge in [0.15, 0.2) is 6.54 Å². The maximum absolute atomic E-state index is 12.8. The molecular formula is C26H48NO3+. The molecule has 0 unspecified atom stereocenters. The summed E-state index contributed by atoms with van der Waals surface area (Å²) in [7, 11) is 4.25. The number of esters is 1. The van der Waals surface area contributed by atoms with Gasteiger partial charge in [-0.05, 0) is 66.6 Å². The minimum atomic E-state index is -0.0437. The number of hydrogen-bond donors (Lipinski definition) is 0. The van der Waals surface area contributed by atoms with Gasteiger partial charge in [-0.1, -0.05) is 48.0 Å². The van der Waals surface area contributed by atoms with Crippen LogP contribution in [0.1, 0.15) is 80.1 Å². The van der Waals surface area contributed by atoms with Crippen LogP contribution in [0.2, 0.25) is 0 Å². The van der Waals surface area contributed by atoms with E-state index in [-0.39, 0.29) is 12.1 Å². The first-order valence-corrected chi connectivity index (χ1v) is 12.5. The van der Waals surface area contributed by atoms with Gasteiger partial charge < -0.3 is 14.0 Å². The molecule has 3 aliphatic rings. The molecule has 0 aliphatic heterocycles. The van der Waals surface area contributed by atoms with Crippen molar-refractivity contribution in [2.45, 2.75) is 92.3 Å². The summed E-state index contributed by atoms with van der Waals surface area (Å²) in [6.45, 7) is 16.1. The zero-order valence-corrected chi connectivity index (χ0v) is 21.0. The van der Waals surface area contributed by atoms with Crippen molar-refractivity contribution in [3.8, 4) is 0 Å². The summed E-state index contributed by atoms with van der Waals surface area (Å²) in [5.41, 5.74) is 0.688. The zero-order valence-electron chi connectivity index (χ0n) is 21.0. The molecule has 4 heteroatoms. The second-order valence-electron chi connectivity index (χ2n) is 12.6. The van der Waals surface area contributed by atoms with Crippen LogP contribution >= 0.6 is 0 Å². The van der Waals surface area contributed by atoms with Crippen molar-refractivity contribution in [3.63, 3.8) is 0 Å². The number of carbonyl (C=O) groups is 1. The summed E-state index contributed by atoms with van der Waals surface area (Å²) in [6, 6.07) is 0. The van der Waals surface area contributed by atoms with Crippen LogP contribution < -0.4 is 0 Å². The van der Waals surface area contributed by atoms with E-state index in [1.165, 1.54) is 32.1 Å². The molecule has 0 amide bonds. The Bertz CT molecular complexity index is 613. The topological polar surface area (TPSA) is 35.5 Å². The van der Waals surface area contributed by atoms with Crippen LogP contribution in [0.25, 0.3) is 0 Å². The molecule has 0 aromatic carbocycles. The van der Waals surface area contributed by atoms with Crippen LogP contribution in [0.5, 0.6) is 0 Å². The fourth-order valence-corrected chi connectivity index (χ4v) is 6.71. The molecule has 6 atom stereocenters. The third-order valence-electron chi connectivity index (χ3n) is 9.53. The molecule has 0 aromatic heterocycles. The van der Waals surface area contributed by atoms with Gasteiger partial charge in [0.2, 0.25) is 0 Å². The lowest BCUT2D eigenvalue weighted by atomic mass is 9.70. The molecule has 0 radical (unpaired) electrons. The SMILES string of the molecule is CC(C)[C@H]1CC[C@@H](C)C[C@@H]1OC(=O)C[N+](C)(C)CCO[C@@H]1C[C@H]2CC[C@@]1(C)C2(C)C. The molecule has 0 aromatic rings. The number of likely N-dealkylation sites (N-methyl/N-ethyl adjacent to an activating group) is 1. The molecule has 2 bridgehead atoms. The van der Waals surface area contributed by atoms with Gasteiger partial charge in [0, 0.05) is 0 Å². The maximum atomic E-state index is 12.8. The van der Waals surface area contributed by atoms with E-state index in [0.29, 0.717) is 45.7 Å². The average Bonchev–Trinajstić information content (AvgIpc) is 2.94. The molecular weight excluding hydrogens is 374 g/mol. The first-order valence-electron chi connectivity index (χ1n) is 12.5. The molecule has 3 fully saturated rings. The van der Waals surface area contributed by atoms with E-state index in [0.717, 1.165) is 25.5 Å². The van der Waals surface area contributed by atoms with E-state index >= 15 is 0 Å². The Labute approximate surface area is 185 Å². The van der Waals surface area contributed by atoms with E-state index in [4.69, 9.17) is 9.47 Å². The number of ether oxygens (including phenoxy) is 2. The Morgan fingerprint density at radius 1 is 1.10 bits per heavy atom. The second-order valence-corrected chi connectivity index (χ2v) is 12.6. The molecule has 0 heterocycles. The molecule has 3 saturated carbocycles. The van der Waals surface area contributed by atoms with Gasteiger partial charge in [0.25, 0.3) is 0 Å². The smallest absolute Gasteiger partial charge is 0.362 e. The fraction of sp³-hybridized carbons (Fsp3) is 0.962. The average molecular weight is 423 g/mol. The highest BCUT2D eigenvalue weighted by molar-refractivity contribution is 5.70. The van der Waals surface area contributed by atoms with Gasteiger partial charge in [-0.25, -0.2) is 4.79 Å². The van der Waals surface area contributed by atoms with Gasteiger partial charge in [0.05, 0.1) is 26.8 Å². The third kappa shape index (κ3) is 4.75. The first-order chi connectivity index (χ1) is 13.9. The lowest BCUT2D eigenvalue weighted by Crippen LogP contribution is -2.48. The molecule has 4 nitrogen and oxygen atoms in total. The molecule has 3 aliphatic carbocycles. The van der Waals surface area contributed by atoms with Gasteiger partial charge in [-0.2, -0.15) is 0 Å². The van der Waals surface area contributed by atoms with Gasteiger partial charge in [-0.3, -0.25) is 0 Å². The molecule has 30 heavy (non-hydrogen) atoms. The summed E-state index contributed by atoms with van der Waals surface area (Å²) < 4.78 is 13.1. The Kier molecular flexibility index (Phi) is 7.00. The quantitative estimate of drug-likeness (QED) is 0.393. The monoisotopic (exact) mass is 422 g/mol. The van der Waals surface area contributed by atoms with E-state index < -0.39 is 0 Å². The summed E-state index contributed by atoms with van der Waals surface area (Å²) in [4.78, 5) is 12.8. The van der Waals surface area contributed by atoms with Crippen LogP contribution in [-0.2, 0) is 14.3 Å². The van der Waals surface area contributed by atoms with Crippen molar-refractivity contribution in [2.24, 2.45) is 34.5 Å². The van der Waals surface area contributed by atoms with Crippen LogP contribution in [0.3, 0.4) is 0 Å². The number of hydrogen-bond acceptors (Lipinski definition) is 3. The van der Waals surface area contributed by atoms with Gasteiger partial charge >= 0.3 is 5.97 Å². The molecule has 0 saturated heterocycles. The van der Waals surface area contributed by atoms with E-state index in [1.54, 1.807) is 0 Å². The minimum Gasteiger partial charge on any atom is -0.458 e. The third-order valence-corrected chi connectivity index (χ3v) is 9.53. The summed E-state index contributed by atoms with van der Waals surface area (Å²) in [5, 5.41) is 0.